The quantitative estimate of drug-likeness (QED) is 0.791. The maximum absolute atomic E-state index is 13.7. The van der Waals surface area contributed by atoms with Crippen molar-refractivity contribution in [3.63, 3.8) is 0 Å². The van der Waals surface area contributed by atoms with E-state index in [9.17, 15) is 4.39 Å². The molecule has 110 valence electrons. The Morgan fingerprint density at radius 2 is 2.10 bits per heavy atom. The Kier molecular flexibility index (Phi) is 4.24. The molecule has 3 rings (SSSR count). The molecule has 4 nitrogen and oxygen atoms in total. The minimum Gasteiger partial charge on any atom is -0.370 e. The first-order valence-corrected chi connectivity index (χ1v) is 7.18. The fourth-order valence-corrected chi connectivity index (χ4v) is 2.79. The average molecular weight is 328 g/mol. The number of ether oxygens (including phenoxy) is 1. The second kappa shape index (κ2) is 6.13. The first-order valence-electron chi connectivity index (χ1n) is 6.42. The van der Waals surface area contributed by atoms with Gasteiger partial charge >= 0.3 is 0 Å². The highest BCUT2D eigenvalue weighted by Gasteiger charge is 2.25. The van der Waals surface area contributed by atoms with E-state index in [-0.39, 0.29) is 11.1 Å². The van der Waals surface area contributed by atoms with Crippen LogP contribution in [-0.4, -0.2) is 29.7 Å². The summed E-state index contributed by atoms with van der Waals surface area (Å²) in [5, 5.41) is 0.401. The number of morpholine rings is 1. The van der Waals surface area contributed by atoms with Crippen LogP contribution in [0.25, 0.3) is 0 Å². The van der Waals surface area contributed by atoms with Gasteiger partial charge in [0.2, 0.25) is 0 Å². The Morgan fingerprint density at radius 1 is 1.24 bits per heavy atom. The Labute approximate surface area is 131 Å². The number of rotatable bonds is 2. The summed E-state index contributed by atoms with van der Waals surface area (Å²) in [5.74, 6) is 0.257. The molecule has 0 bridgehead atoms. The number of halogens is 3. The van der Waals surface area contributed by atoms with Crippen molar-refractivity contribution in [2.45, 2.75) is 6.10 Å². The third kappa shape index (κ3) is 3.10. The highest BCUT2D eigenvalue weighted by molar-refractivity contribution is 6.35. The molecular weight excluding hydrogens is 316 g/mol. The standard InChI is InChI=1S/C14H12Cl2FN3O/c15-10-6-11(16)12(17)5-9(10)13-8-20(3-4-21-13)14-7-18-1-2-19-14/h1-2,5-7,13H,3-4,8H2. The second-order valence-corrected chi connectivity index (χ2v) is 5.47. The highest BCUT2D eigenvalue weighted by atomic mass is 35.5. The lowest BCUT2D eigenvalue weighted by molar-refractivity contribution is 0.0394. The van der Waals surface area contributed by atoms with Gasteiger partial charge in [-0.05, 0) is 12.1 Å². The smallest absolute Gasteiger partial charge is 0.147 e. The monoisotopic (exact) mass is 327 g/mol. The van der Waals surface area contributed by atoms with Crippen LogP contribution in [-0.2, 0) is 4.74 Å². The van der Waals surface area contributed by atoms with Gasteiger partial charge in [-0.3, -0.25) is 4.98 Å². The van der Waals surface area contributed by atoms with Crippen LogP contribution in [0.4, 0.5) is 10.2 Å². The highest BCUT2D eigenvalue weighted by Crippen LogP contribution is 2.33. The van der Waals surface area contributed by atoms with Crippen LogP contribution in [0.15, 0.2) is 30.7 Å². The zero-order chi connectivity index (χ0) is 14.8. The number of hydrogen-bond donors (Lipinski definition) is 0. The van der Waals surface area contributed by atoms with Crippen molar-refractivity contribution in [2.24, 2.45) is 0 Å². The van der Waals surface area contributed by atoms with Crippen molar-refractivity contribution in [3.05, 3.63) is 52.1 Å². The SMILES string of the molecule is Fc1cc(C2CN(c3cnccn3)CCO2)c(Cl)cc1Cl. The fourth-order valence-electron chi connectivity index (χ4n) is 2.28. The number of hydrogen-bond acceptors (Lipinski definition) is 4. The molecule has 0 aliphatic carbocycles. The molecule has 2 aromatic rings. The van der Waals surface area contributed by atoms with Crippen molar-refractivity contribution >= 4 is 29.0 Å². The van der Waals surface area contributed by atoms with E-state index >= 15 is 0 Å². The molecule has 7 heteroatoms. The molecular formula is C14H12Cl2FN3O. The van der Waals surface area contributed by atoms with Gasteiger partial charge in [0.05, 0.1) is 17.8 Å². The van der Waals surface area contributed by atoms with Crippen molar-refractivity contribution < 1.29 is 9.13 Å². The summed E-state index contributed by atoms with van der Waals surface area (Å²) in [6, 6.07) is 2.73. The van der Waals surface area contributed by atoms with Crippen molar-refractivity contribution in [3.8, 4) is 0 Å². The zero-order valence-corrected chi connectivity index (χ0v) is 12.5. The van der Waals surface area contributed by atoms with E-state index in [1.54, 1.807) is 18.6 Å². The van der Waals surface area contributed by atoms with Crippen LogP contribution < -0.4 is 4.90 Å². The molecule has 2 heterocycles. The lowest BCUT2D eigenvalue weighted by Gasteiger charge is -2.34. The molecule has 1 fully saturated rings. The summed E-state index contributed by atoms with van der Waals surface area (Å²) >= 11 is 11.9. The Hall–Kier alpha value is -1.43. The maximum Gasteiger partial charge on any atom is 0.147 e. The molecule has 21 heavy (non-hydrogen) atoms. The first kappa shape index (κ1) is 14.5. The lowest BCUT2D eigenvalue weighted by Crippen LogP contribution is -2.39. The van der Waals surface area contributed by atoms with Crippen LogP contribution in [0, 0.1) is 5.82 Å². The van der Waals surface area contributed by atoms with E-state index in [1.165, 1.54) is 12.1 Å². The van der Waals surface area contributed by atoms with E-state index in [0.717, 1.165) is 5.82 Å². The molecule has 1 unspecified atom stereocenters. The molecule has 1 aliphatic rings. The van der Waals surface area contributed by atoms with Gasteiger partial charge in [-0.15, -0.1) is 0 Å². The Bertz CT molecular complexity index is 642. The average Bonchev–Trinajstić information content (AvgIpc) is 2.52. The number of benzene rings is 1. The van der Waals surface area contributed by atoms with E-state index < -0.39 is 5.82 Å². The zero-order valence-electron chi connectivity index (χ0n) is 11.0. The summed E-state index contributed by atoms with van der Waals surface area (Å²) in [6.45, 7) is 1.73. The molecule has 0 N–H and O–H groups in total. The van der Waals surface area contributed by atoms with Gasteiger partial charge in [-0.2, -0.15) is 0 Å². The van der Waals surface area contributed by atoms with E-state index in [1.807, 2.05) is 4.90 Å². The first-order chi connectivity index (χ1) is 10.1. The minimum absolute atomic E-state index is 0.00495. The summed E-state index contributed by atoms with van der Waals surface area (Å²) in [7, 11) is 0. The summed E-state index contributed by atoms with van der Waals surface area (Å²) in [4.78, 5) is 10.3. The number of nitrogens with zero attached hydrogens (tertiary/aromatic N) is 3. The van der Waals surface area contributed by atoms with Gasteiger partial charge in [-0.1, -0.05) is 23.2 Å². The summed E-state index contributed by atoms with van der Waals surface area (Å²) in [5.41, 5.74) is 0.590. The predicted molar refractivity (Wildman–Crippen MR) is 79.4 cm³/mol. The summed E-state index contributed by atoms with van der Waals surface area (Å²) < 4.78 is 19.4. The molecule has 1 aromatic carbocycles. The summed E-state index contributed by atoms with van der Waals surface area (Å²) in [6.07, 6.45) is 4.61. The Morgan fingerprint density at radius 3 is 2.86 bits per heavy atom. The molecule has 1 aromatic heterocycles. The molecule has 1 saturated heterocycles. The van der Waals surface area contributed by atoms with Crippen LogP contribution in [0.5, 0.6) is 0 Å². The third-order valence-electron chi connectivity index (χ3n) is 3.33. The van der Waals surface area contributed by atoms with E-state index in [2.05, 4.69) is 9.97 Å². The minimum atomic E-state index is -0.503. The van der Waals surface area contributed by atoms with Crippen LogP contribution in [0.3, 0.4) is 0 Å². The molecule has 1 atom stereocenters. The second-order valence-electron chi connectivity index (χ2n) is 4.66. The molecule has 0 spiro atoms. The molecule has 0 amide bonds. The van der Waals surface area contributed by atoms with Gasteiger partial charge in [-0.25, -0.2) is 9.37 Å². The molecule has 0 radical (unpaired) electrons. The van der Waals surface area contributed by atoms with Crippen LogP contribution in [0.2, 0.25) is 10.0 Å². The van der Waals surface area contributed by atoms with Gasteiger partial charge in [0.1, 0.15) is 17.7 Å². The maximum atomic E-state index is 13.7. The third-order valence-corrected chi connectivity index (χ3v) is 3.94. The molecule has 1 aliphatic heterocycles. The molecule has 0 saturated carbocycles. The van der Waals surface area contributed by atoms with E-state index in [4.69, 9.17) is 27.9 Å². The lowest BCUT2D eigenvalue weighted by atomic mass is 10.1. The normalized spacial score (nSPS) is 18.8. The Balaban J connectivity index is 1.85. The fraction of sp³-hybridized carbons (Fsp3) is 0.286. The van der Waals surface area contributed by atoms with Gasteiger partial charge in [0.15, 0.2) is 0 Å². The van der Waals surface area contributed by atoms with Crippen LogP contribution in [0.1, 0.15) is 11.7 Å². The predicted octanol–water partition coefficient (Wildman–Crippen LogP) is 3.50. The van der Waals surface area contributed by atoms with E-state index in [0.29, 0.717) is 30.3 Å². The number of anilines is 1. The van der Waals surface area contributed by atoms with Gasteiger partial charge in [0, 0.05) is 36.1 Å². The van der Waals surface area contributed by atoms with Gasteiger partial charge in [0.25, 0.3) is 0 Å². The van der Waals surface area contributed by atoms with Gasteiger partial charge < -0.3 is 9.64 Å². The van der Waals surface area contributed by atoms with Crippen molar-refractivity contribution in [1.82, 2.24) is 9.97 Å². The topological polar surface area (TPSA) is 38.2 Å². The largest absolute Gasteiger partial charge is 0.370 e. The van der Waals surface area contributed by atoms with Crippen molar-refractivity contribution in [2.75, 3.05) is 24.6 Å². The van der Waals surface area contributed by atoms with Crippen LogP contribution >= 0.6 is 23.2 Å². The number of aromatic nitrogens is 2. The van der Waals surface area contributed by atoms with Crippen molar-refractivity contribution in [1.29, 1.82) is 0 Å².